The summed E-state index contributed by atoms with van der Waals surface area (Å²) in [5.74, 6) is 0.692. The van der Waals surface area contributed by atoms with Crippen LogP contribution in [-0.2, 0) is 4.79 Å². The number of piperidine rings is 1. The normalized spacial score (nSPS) is 19.1. The van der Waals surface area contributed by atoms with E-state index in [0.29, 0.717) is 23.9 Å². The topological polar surface area (TPSA) is 59.2 Å². The van der Waals surface area contributed by atoms with E-state index in [1.165, 1.54) is 12.1 Å². The summed E-state index contributed by atoms with van der Waals surface area (Å²) >= 11 is 0. The lowest BCUT2D eigenvalue weighted by atomic mass is 9.99. The molecule has 0 unspecified atom stereocenters. The number of nitrogens with zero attached hydrogens (tertiary/aromatic N) is 3. The second kappa shape index (κ2) is 5.40. The van der Waals surface area contributed by atoms with Crippen LogP contribution in [0.5, 0.6) is 0 Å². The average Bonchev–Trinajstić information content (AvgIpc) is 2.98. The summed E-state index contributed by atoms with van der Waals surface area (Å²) in [5, 5.41) is 8.05. The van der Waals surface area contributed by atoms with Crippen molar-refractivity contribution in [1.29, 1.82) is 0 Å². The van der Waals surface area contributed by atoms with Crippen molar-refractivity contribution in [3.05, 3.63) is 36.0 Å². The molecule has 1 saturated heterocycles. The largest absolute Gasteiger partial charge is 0.420 e. The molecule has 1 aromatic heterocycles. The van der Waals surface area contributed by atoms with E-state index < -0.39 is 0 Å². The number of benzene rings is 1. The minimum atomic E-state index is -0.303. The fourth-order valence-corrected chi connectivity index (χ4v) is 2.41. The molecular weight excluding hydrogens is 261 g/mol. The van der Waals surface area contributed by atoms with E-state index in [2.05, 4.69) is 10.2 Å². The zero-order chi connectivity index (χ0) is 13.9. The summed E-state index contributed by atoms with van der Waals surface area (Å²) in [4.78, 5) is 12.5. The van der Waals surface area contributed by atoms with Crippen LogP contribution in [0.4, 0.5) is 4.39 Å². The fourth-order valence-electron chi connectivity index (χ4n) is 2.41. The smallest absolute Gasteiger partial charge is 0.247 e. The highest BCUT2D eigenvalue weighted by atomic mass is 19.1. The van der Waals surface area contributed by atoms with Gasteiger partial charge in [0.2, 0.25) is 18.2 Å². The van der Waals surface area contributed by atoms with Gasteiger partial charge in [0.15, 0.2) is 0 Å². The Morgan fingerprint density at radius 2 is 2.10 bits per heavy atom. The Morgan fingerprint density at radius 1 is 1.30 bits per heavy atom. The quantitative estimate of drug-likeness (QED) is 0.806. The maximum atomic E-state index is 12.9. The molecule has 2 aromatic rings. The number of carbonyl (C=O) groups is 1. The Morgan fingerprint density at radius 3 is 2.85 bits per heavy atom. The molecule has 0 saturated carbocycles. The molecule has 1 aliphatic heterocycles. The van der Waals surface area contributed by atoms with Gasteiger partial charge in [-0.1, -0.05) is 0 Å². The standard InChI is InChI=1S/C14H14FN3O2/c15-12-5-3-10(4-6-12)13-16-17-14(20-13)11-2-1-7-18(8-11)9-19/h3-6,9,11H,1-2,7-8H2/t11-/m0/s1. The molecule has 2 heterocycles. The van der Waals surface area contributed by atoms with Crippen LogP contribution in [-0.4, -0.2) is 34.6 Å². The summed E-state index contributed by atoms with van der Waals surface area (Å²) in [6.45, 7) is 1.38. The molecule has 0 N–H and O–H groups in total. The van der Waals surface area contributed by atoms with Gasteiger partial charge in [-0.05, 0) is 37.1 Å². The van der Waals surface area contributed by atoms with Gasteiger partial charge in [-0.2, -0.15) is 0 Å². The molecule has 0 aliphatic carbocycles. The molecule has 0 spiro atoms. The molecular formula is C14H14FN3O2. The minimum absolute atomic E-state index is 0.0793. The molecule has 6 heteroatoms. The van der Waals surface area contributed by atoms with Gasteiger partial charge in [-0.15, -0.1) is 10.2 Å². The van der Waals surface area contributed by atoms with E-state index >= 15 is 0 Å². The summed E-state index contributed by atoms with van der Waals surface area (Å²) in [5.41, 5.74) is 0.688. The molecule has 1 atom stereocenters. The first-order valence-corrected chi connectivity index (χ1v) is 6.55. The van der Waals surface area contributed by atoms with Crippen molar-refractivity contribution in [3.8, 4) is 11.5 Å². The number of halogens is 1. The number of aromatic nitrogens is 2. The highest BCUT2D eigenvalue weighted by Crippen LogP contribution is 2.27. The van der Waals surface area contributed by atoms with Crippen molar-refractivity contribution in [1.82, 2.24) is 15.1 Å². The van der Waals surface area contributed by atoms with Gasteiger partial charge in [0.05, 0.1) is 5.92 Å². The second-order valence-corrected chi connectivity index (χ2v) is 4.89. The lowest BCUT2D eigenvalue weighted by Gasteiger charge is -2.27. The van der Waals surface area contributed by atoms with Crippen LogP contribution >= 0.6 is 0 Å². The summed E-state index contributed by atoms with van der Waals surface area (Å²) in [6.07, 6.45) is 2.70. The van der Waals surface area contributed by atoms with Crippen LogP contribution in [0, 0.1) is 5.82 Å². The first kappa shape index (κ1) is 12.8. The van der Waals surface area contributed by atoms with Gasteiger partial charge in [0.1, 0.15) is 5.82 Å². The molecule has 1 amide bonds. The van der Waals surface area contributed by atoms with Crippen LogP contribution in [0.1, 0.15) is 24.7 Å². The summed E-state index contributed by atoms with van der Waals surface area (Å²) in [6, 6.07) is 5.92. The van der Waals surface area contributed by atoms with Crippen LogP contribution < -0.4 is 0 Å². The molecule has 1 aliphatic rings. The lowest BCUT2D eigenvalue weighted by Crippen LogP contribution is -2.33. The van der Waals surface area contributed by atoms with Gasteiger partial charge in [-0.25, -0.2) is 4.39 Å². The number of rotatable bonds is 3. The van der Waals surface area contributed by atoms with Crippen LogP contribution in [0.2, 0.25) is 0 Å². The van der Waals surface area contributed by atoms with E-state index in [1.807, 2.05) is 0 Å². The van der Waals surface area contributed by atoms with Gasteiger partial charge >= 0.3 is 0 Å². The third-order valence-electron chi connectivity index (χ3n) is 3.48. The zero-order valence-electron chi connectivity index (χ0n) is 10.8. The number of amides is 1. The Bertz CT molecular complexity index is 597. The molecule has 1 fully saturated rings. The highest BCUT2D eigenvalue weighted by molar-refractivity contribution is 5.52. The number of carbonyl (C=O) groups excluding carboxylic acids is 1. The maximum Gasteiger partial charge on any atom is 0.247 e. The molecule has 3 rings (SSSR count). The fraction of sp³-hybridized carbons (Fsp3) is 0.357. The van der Waals surface area contributed by atoms with Crippen molar-refractivity contribution in [3.63, 3.8) is 0 Å². The molecule has 1 aromatic carbocycles. The van der Waals surface area contributed by atoms with Crippen molar-refractivity contribution < 1.29 is 13.6 Å². The Hall–Kier alpha value is -2.24. The van der Waals surface area contributed by atoms with Crippen molar-refractivity contribution >= 4 is 6.41 Å². The average molecular weight is 275 g/mol. The Labute approximate surface area is 115 Å². The van der Waals surface area contributed by atoms with E-state index in [9.17, 15) is 9.18 Å². The van der Waals surface area contributed by atoms with Crippen LogP contribution in [0.15, 0.2) is 28.7 Å². The monoisotopic (exact) mass is 275 g/mol. The van der Waals surface area contributed by atoms with Crippen molar-refractivity contribution in [2.75, 3.05) is 13.1 Å². The first-order chi connectivity index (χ1) is 9.76. The van der Waals surface area contributed by atoms with E-state index in [1.54, 1.807) is 17.0 Å². The predicted octanol–water partition coefficient (Wildman–Crippen LogP) is 2.21. The van der Waals surface area contributed by atoms with Gasteiger partial charge in [0, 0.05) is 18.7 Å². The van der Waals surface area contributed by atoms with Crippen molar-refractivity contribution in [2.24, 2.45) is 0 Å². The van der Waals surface area contributed by atoms with Gasteiger partial charge < -0.3 is 9.32 Å². The van der Waals surface area contributed by atoms with Crippen LogP contribution in [0.25, 0.3) is 11.5 Å². The molecule has 5 nitrogen and oxygen atoms in total. The second-order valence-electron chi connectivity index (χ2n) is 4.89. The lowest BCUT2D eigenvalue weighted by molar-refractivity contribution is -0.119. The first-order valence-electron chi connectivity index (χ1n) is 6.55. The molecule has 0 radical (unpaired) electrons. The van der Waals surface area contributed by atoms with E-state index in [0.717, 1.165) is 25.8 Å². The molecule has 0 bridgehead atoms. The van der Waals surface area contributed by atoms with Gasteiger partial charge in [-0.3, -0.25) is 4.79 Å². The number of hydrogen-bond donors (Lipinski definition) is 0. The molecule has 104 valence electrons. The summed E-state index contributed by atoms with van der Waals surface area (Å²) in [7, 11) is 0. The number of likely N-dealkylation sites (tertiary alicyclic amines) is 1. The predicted molar refractivity (Wildman–Crippen MR) is 69.3 cm³/mol. The SMILES string of the molecule is O=CN1CCC[C@H](c2nnc(-c3ccc(F)cc3)o2)C1. The number of hydrogen-bond acceptors (Lipinski definition) is 4. The van der Waals surface area contributed by atoms with E-state index in [4.69, 9.17) is 4.42 Å². The van der Waals surface area contributed by atoms with Crippen molar-refractivity contribution in [2.45, 2.75) is 18.8 Å². The van der Waals surface area contributed by atoms with Crippen LogP contribution in [0.3, 0.4) is 0 Å². The molecule has 20 heavy (non-hydrogen) atoms. The Kier molecular flexibility index (Phi) is 3.45. The van der Waals surface area contributed by atoms with Gasteiger partial charge in [0.25, 0.3) is 0 Å². The van der Waals surface area contributed by atoms with E-state index in [-0.39, 0.29) is 11.7 Å². The summed E-state index contributed by atoms with van der Waals surface area (Å²) < 4.78 is 18.5. The Balaban J connectivity index is 1.79. The third kappa shape index (κ3) is 2.54. The maximum absolute atomic E-state index is 12.9. The third-order valence-corrected chi connectivity index (χ3v) is 3.48. The highest BCUT2D eigenvalue weighted by Gasteiger charge is 2.25. The zero-order valence-corrected chi connectivity index (χ0v) is 10.8. The minimum Gasteiger partial charge on any atom is -0.420 e.